The molecule has 1 N–H and O–H groups in total. The van der Waals surface area contributed by atoms with Crippen LogP contribution in [0.2, 0.25) is 0 Å². The second-order valence-corrected chi connectivity index (χ2v) is 4.01. The molecule has 1 fully saturated rings. The maximum atomic E-state index is 11.9. The predicted molar refractivity (Wildman–Crippen MR) is 62.7 cm³/mol. The van der Waals surface area contributed by atoms with Gasteiger partial charge in [-0.25, -0.2) is 0 Å². The summed E-state index contributed by atoms with van der Waals surface area (Å²) in [7, 11) is 0. The van der Waals surface area contributed by atoms with E-state index in [1.807, 2.05) is 11.0 Å². The minimum absolute atomic E-state index is 0.270. The van der Waals surface area contributed by atoms with Crippen LogP contribution in [0.25, 0.3) is 0 Å². The van der Waals surface area contributed by atoms with Gasteiger partial charge >= 0.3 is 0 Å². The van der Waals surface area contributed by atoms with Crippen molar-refractivity contribution in [3.8, 4) is 0 Å². The SMILES string of the molecule is C=CCCC(=O)N(CC)C1CCCNC1. The van der Waals surface area contributed by atoms with Crippen LogP contribution < -0.4 is 5.32 Å². The quantitative estimate of drug-likeness (QED) is 0.698. The summed E-state index contributed by atoms with van der Waals surface area (Å²) in [6.07, 6.45) is 5.52. The molecule has 0 radical (unpaired) electrons. The van der Waals surface area contributed by atoms with Crippen LogP contribution in [0.1, 0.15) is 32.6 Å². The predicted octanol–water partition coefficient (Wildman–Crippen LogP) is 1.55. The van der Waals surface area contributed by atoms with Crippen molar-refractivity contribution in [1.82, 2.24) is 10.2 Å². The Labute approximate surface area is 92.5 Å². The minimum Gasteiger partial charge on any atom is -0.339 e. The van der Waals surface area contributed by atoms with Gasteiger partial charge in [-0.2, -0.15) is 0 Å². The van der Waals surface area contributed by atoms with E-state index >= 15 is 0 Å². The standard InChI is InChI=1S/C12H22N2O/c1-3-5-8-12(15)14(4-2)11-7-6-9-13-10-11/h3,11,13H,1,4-10H2,2H3. The molecule has 0 saturated carbocycles. The molecule has 0 aromatic heterocycles. The number of nitrogens with zero attached hydrogens (tertiary/aromatic N) is 1. The van der Waals surface area contributed by atoms with Crippen LogP contribution in [-0.4, -0.2) is 36.5 Å². The summed E-state index contributed by atoms with van der Waals surface area (Å²) >= 11 is 0. The lowest BCUT2D eigenvalue weighted by Crippen LogP contribution is -2.48. The van der Waals surface area contributed by atoms with Crippen molar-refractivity contribution in [3.05, 3.63) is 12.7 Å². The maximum Gasteiger partial charge on any atom is 0.223 e. The fourth-order valence-corrected chi connectivity index (χ4v) is 2.11. The summed E-state index contributed by atoms with van der Waals surface area (Å²) < 4.78 is 0. The number of nitrogens with one attached hydrogen (secondary N) is 1. The second kappa shape index (κ2) is 6.62. The van der Waals surface area contributed by atoms with E-state index in [0.29, 0.717) is 12.5 Å². The molecule has 1 amide bonds. The highest BCUT2D eigenvalue weighted by Crippen LogP contribution is 2.12. The average Bonchev–Trinajstić information content (AvgIpc) is 2.29. The van der Waals surface area contributed by atoms with E-state index in [0.717, 1.165) is 32.5 Å². The van der Waals surface area contributed by atoms with Crippen molar-refractivity contribution in [1.29, 1.82) is 0 Å². The Hall–Kier alpha value is -0.830. The van der Waals surface area contributed by atoms with Crippen molar-refractivity contribution >= 4 is 5.91 Å². The van der Waals surface area contributed by atoms with Gasteiger partial charge in [-0.3, -0.25) is 4.79 Å². The van der Waals surface area contributed by atoms with Gasteiger partial charge in [-0.05, 0) is 32.7 Å². The van der Waals surface area contributed by atoms with Crippen LogP contribution in [0.5, 0.6) is 0 Å². The molecule has 86 valence electrons. The third-order valence-corrected chi connectivity index (χ3v) is 2.93. The van der Waals surface area contributed by atoms with E-state index in [-0.39, 0.29) is 5.91 Å². The van der Waals surface area contributed by atoms with E-state index in [4.69, 9.17) is 0 Å². The Kier molecular flexibility index (Phi) is 5.40. The number of hydrogen-bond acceptors (Lipinski definition) is 2. The van der Waals surface area contributed by atoms with Crippen LogP contribution in [0.4, 0.5) is 0 Å². The van der Waals surface area contributed by atoms with Crippen molar-refractivity contribution in [3.63, 3.8) is 0 Å². The zero-order chi connectivity index (χ0) is 11.1. The van der Waals surface area contributed by atoms with Gasteiger partial charge in [0.05, 0.1) is 0 Å². The number of likely N-dealkylation sites (N-methyl/N-ethyl adjacent to an activating group) is 1. The third-order valence-electron chi connectivity index (χ3n) is 2.93. The first-order valence-corrected chi connectivity index (χ1v) is 5.90. The molecule has 1 rings (SSSR count). The van der Waals surface area contributed by atoms with Gasteiger partial charge < -0.3 is 10.2 Å². The number of carbonyl (C=O) groups excluding carboxylic acids is 1. The molecule has 3 heteroatoms. The molecule has 0 aliphatic carbocycles. The largest absolute Gasteiger partial charge is 0.339 e. The number of amides is 1. The molecule has 1 unspecified atom stereocenters. The normalized spacial score (nSPS) is 21.0. The average molecular weight is 210 g/mol. The van der Waals surface area contributed by atoms with Gasteiger partial charge in [0.1, 0.15) is 0 Å². The number of rotatable bonds is 5. The Morgan fingerprint density at radius 2 is 2.47 bits per heavy atom. The minimum atomic E-state index is 0.270. The Bertz CT molecular complexity index is 210. The highest BCUT2D eigenvalue weighted by atomic mass is 16.2. The van der Waals surface area contributed by atoms with Crippen molar-refractivity contribution in [2.24, 2.45) is 0 Å². The first-order chi connectivity index (χ1) is 7.29. The molecule has 0 aromatic carbocycles. The fraction of sp³-hybridized carbons (Fsp3) is 0.750. The van der Waals surface area contributed by atoms with E-state index in [2.05, 4.69) is 18.8 Å². The van der Waals surface area contributed by atoms with E-state index in [1.54, 1.807) is 0 Å². The van der Waals surface area contributed by atoms with Crippen LogP contribution in [-0.2, 0) is 4.79 Å². The first kappa shape index (κ1) is 12.2. The van der Waals surface area contributed by atoms with Crippen molar-refractivity contribution in [2.45, 2.75) is 38.6 Å². The molecule has 1 aliphatic rings. The molecule has 1 aliphatic heterocycles. The second-order valence-electron chi connectivity index (χ2n) is 4.01. The van der Waals surface area contributed by atoms with E-state index < -0.39 is 0 Å². The zero-order valence-electron chi connectivity index (χ0n) is 9.67. The molecule has 15 heavy (non-hydrogen) atoms. The topological polar surface area (TPSA) is 32.3 Å². The lowest BCUT2D eigenvalue weighted by Gasteiger charge is -2.34. The zero-order valence-corrected chi connectivity index (χ0v) is 9.67. The highest BCUT2D eigenvalue weighted by Gasteiger charge is 2.22. The molecule has 3 nitrogen and oxygen atoms in total. The number of allylic oxidation sites excluding steroid dienone is 1. The molecule has 0 spiro atoms. The molecule has 0 aromatic rings. The summed E-state index contributed by atoms with van der Waals surface area (Å²) in [6, 6.07) is 0.404. The smallest absolute Gasteiger partial charge is 0.223 e. The van der Waals surface area contributed by atoms with E-state index in [9.17, 15) is 4.79 Å². The van der Waals surface area contributed by atoms with Crippen molar-refractivity contribution < 1.29 is 4.79 Å². The van der Waals surface area contributed by atoms with Crippen LogP contribution in [0, 0.1) is 0 Å². The van der Waals surface area contributed by atoms with Gasteiger partial charge in [0.25, 0.3) is 0 Å². The van der Waals surface area contributed by atoms with Gasteiger partial charge in [0.2, 0.25) is 5.91 Å². The summed E-state index contributed by atoms with van der Waals surface area (Å²) in [5, 5.41) is 3.35. The summed E-state index contributed by atoms with van der Waals surface area (Å²) in [4.78, 5) is 13.9. The third kappa shape index (κ3) is 3.67. The lowest BCUT2D eigenvalue weighted by molar-refractivity contribution is -0.133. The molecular weight excluding hydrogens is 188 g/mol. The molecule has 1 atom stereocenters. The van der Waals surface area contributed by atoms with Crippen LogP contribution in [0.15, 0.2) is 12.7 Å². The molecule has 1 saturated heterocycles. The molecule has 0 bridgehead atoms. The maximum absolute atomic E-state index is 11.9. The molecule has 1 heterocycles. The summed E-state index contributed by atoms with van der Waals surface area (Å²) in [6.45, 7) is 8.57. The number of carbonyl (C=O) groups is 1. The Morgan fingerprint density at radius 3 is 3.00 bits per heavy atom. The monoisotopic (exact) mass is 210 g/mol. The van der Waals surface area contributed by atoms with Gasteiger partial charge in [0, 0.05) is 25.6 Å². The summed E-state index contributed by atoms with van der Waals surface area (Å²) in [5.41, 5.74) is 0. The first-order valence-electron chi connectivity index (χ1n) is 5.90. The van der Waals surface area contributed by atoms with Gasteiger partial charge in [0.15, 0.2) is 0 Å². The van der Waals surface area contributed by atoms with Crippen molar-refractivity contribution in [2.75, 3.05) is 19.6 Å². The lowest BCUT2D eigenvalue weighted by atomic mass is 10.1. The van der Waals surface area contributed by atoms with Crippen LogP contribution in [0.3, 0.4) is 0 Å². The molecular formula is C12H22N2O. The van der Waals surface area contributed by atoms with Crippen LogP contribution >= 0.6 is 0 Å². The van der Waals surface area contributed by atoms with Gasteiger partial charge in [-0.1, -0.05) is 6.08 Å². The summed E-state index contributed by atoms with van der Waals surface area (Å²) in [5.74, 6) is 0.270. The highest BCUT2D eigenvalue weighted by molar-refractivity contribution is 5.76. The van der Waals surface area contributed by atoms with E-state index in [1.165, 1.54) is 6.42 Å². The fourth-order valence-electron chi connectivity index (χ4n) is 2.11. The number of hydrogen-bond donors (Lipinski definition) is 1. The Morgan fingerprint density at radius 1 is 1.67 bits per heavy atom. The Balaban J connectivity index is 2.44. The number of piperidine rings is 1. The van der Waals surface area contributed by atoms with Gasteiger partial charge in [-0.15, -0.1) is 6.58 Å².